The van der Waals surface area contributed by atoms with Crippen LogP contribution in [0.5, 0.6) is 5.88 Å². The minimum Gasteiger partial charge on any atom is -0.479 e. The highest BCUT2D eigenvalue weighted by Gasteiger charge is 2.33. The Morgan fingerprint density at radius 1 is 1.23 bits per heavy atom. The summed E-state index contributed by atoms with van der Waals surface area (Å²) in [5.74, 6) is 2.10. The van der Waals surface area contributed by atoms with Gasteiger partial charge in [0.15, 0.2) is 5.82 Å². The fraction of sp³-hybridized carbons (Fsp3) is 0.476. The van der Waals surface area contributed by atoms with E-state index in [1.807, 2.05) is 12.1 Å². The van der Waals surface area contributed by atoms with Crippen molar-refractivity contribution in [1.29, 1.82) is 0 Å². The maximum Gasteiger partial charge on any atom is 0.263 e. The lowest BCUT2D eigenvalue weighted by molar-refractivity contribution is 0.00220. The number of anilines is 1. The maximum atomic E-state index is 13.0. The minimum atomic E-state index is -0.324. The molecule has 3 aromatic rings. The summed E-state index contributed by atoms with van der Waals surface area (Å²) in [7, 11) is 3.22. The van der Waals surface area contributed by atoms with Crippen molar-refractivity contribution < 1.29 is 14.3 Å². The molecule has 1 fully saturated rings. The molecule has 1 N–H and O–H groups in total. The van der Waals surface area contributed by atoms with Gasteiger partial charge in [0.25, 0.3) is 5.91 Å². The van der Waals surface area contributed by atoms with Crippen LogP contribution in [0.4, 0.5) is 5.82 Å². The Hall–Kier alpha value is -3.27. The van der Waals surface area contributed by atoms with Crippen molar-refractivity contribution >= 4 is 11.7 Å². The van der Waals surface area contributed by atoms with E-state index in [1.54, 1.807) is 24.1 Å². The van der Waals surface area contributed by atoms with Crippen molar-refractivity contribution in [3.8, 4) is 17.4 Å². The van der Waals surface area contributed by atoms with E-state index in [9.17, 15) is 4.79 Å². The van der Waals surface area contributed by atoms with Gasteiger partial charge in [-0.25, -0.2) is 4.98 Å². The van der Waals surface area contributed by atoms with Crippen LogP contribution < -0.4 is 10.1 Å². The first kappa shape index (κ1) is 19.7. The van der Waals surface area contributed by atoms with E-state index in [4.69, 9.17) is 9.47 Å². The minimum absolute atomic E-state index is 0.207. The quantitative estimate of drug-likeness (QED) is 0.649. The molecule has 10 nitrogen and oxygen atoms in total. The summed E-state index contributed by atoms with van der Waals surface area (Å²) in [6.07, 6.45) is 5.66. The number of hydrogen-bond donors (Lipinski definition) is 1. The summed E-state index contributed by atoms with van der Waals surface area (Å²) >= 11 is 0. The van der Waals surface area contributed by atoms with Crippen molar-refractivity contribution in [3.63, 3.8) is 0 Å². The molecule has 1 saturated carbocycles. The third-order valence-electron chi connectivity index (χ3n) is 6.13. The number of aromatic nitrogens is 6. The number of fused-ring (bicyclic) bond motifs is 1. The number of pyridine rings is 1. The summed E-state index contributed by atoms with van der Waals surface area (Å²) in [6, 6.07) is 6.01. The van der Waals surface area contributed by atoms with Crippen molar-refractivity contribution in [2.24, 2.45) is 0 Å². The van der Waals surface area contributed by atoms with Gasteiger partial charge in [0.2, 0.25) is 5.88 Å². The third kappa shape index (κ3) is 3.46. The molecule has 1 amide bonds. The Bertz CT molecular complexity index is 1120. The average molecular weight is 423 g/mol. The predicted molar refractivity (Wildman–Crippen MR) is 112 cm³/mol. The van der Waals surface area contributed by atoms with Gasteiger partial charge in [0, 0.05) is 25.8 Å². The van der Waals surface area contributed by atoms with Gasteiger partial charge < -0.3 is 19.4 Å². The molecule has 4 heterocycles. The molecule has 1 atom stereocenters. The van der Waals surface area contributed by atoms with Gasteiger partial charge in [-0.3, -0.25) is 9.48 Å². The van der Waals surface area contributed by atoms with Crippen LogP contribution in [-0.2, 0) is 11.2 Å². The molecule has 0 bridgehead atoms. The van der Waals surface area contributed by atoms with Crippen LogP contribution >= 0.6 is 0 Å². The van der Waals surface area contributed by atoms with E-state index in [1.165, 1.54) is 7.11 Å². The van der Waals surface area contributed by atoms with E-state index in [0.717, 1.165) is 37.3 Å². The Labute approximate surface area is 179 Å². The molecule has 2 aliphatic rings. The molecule has 10 heteroatoms. The van der Waals surface area contributed by atoms with Crippen LogP contribution in [0.1, 0.15) is 54.5 Å². The molecule has 162 valence electrons. The zero-order chi connectivity index (χ0) is 21.5. The molecule has 0 radical (unpaired) electrons. The Morgan fingerprint density at radius 2 is 2.06 bits per heavy atom. The third-order valence-corrected chi connectivity index (χ3v) is 6.13. The first-order chi connectivity index (χ1) is 15.1. The van der Waals surface area contributed by atoms with Gasteiger partial charge in [-0.05, 0) is 38.3 Å². The normalized spacial score (nSPS) is 22.1. The molecule has 1 aliphatic heterocycles. The smallest absolute Gasteiger partial charge is 0.263 e. The Balaban J connectivity index is 1.36. The number of ether oxygens (including phenoxy) is 2. The number of aryl methyl sites for hydroxylation is 1. The van der Waals surface area contributed by atoms with Crippen LogP contribution in [0.2, 0.25) is 0 Å². The van der Waals surface area contributed by atoms with E-state index in [2.05, 4.69) is 37.1 Å². The van der Waals surface area contributed by atoms with Gasteiger partial charge in [-0.1, -0.05) is 6.07 Å². The lowest BCUT2D eigenvalue weighted by atomic mass is 9.89. The number of carbonyl (C=O) groups excluding carboxylic acids is 1. The summed E-state index contributed by atoms with van der Waals surface area (Å²) < 4.78 is 14.6. The SMILES string of the molecule is COc1nn(C2CC(OC)C2)cc1C(=O)Nc1cccc(-c2nnc3n2[C@@H](C)CC3)n1. The van der Waals surface area contributed by atoms with Crippen molar-refractivity contribution in [2.75, 3.05) is 19.5 Å². The van der Waals surface area contributed by atoms with E-state index in [-0.39, 0.29) is 18.1 Å². The van der Waals surface area contributed by atoms with Crippen LogP contribution in [-0.4, -0.2) is 55.8 Å². The second-order valence-corrected chi connectivity index (χ2v) is 8.07. The van der Waals surface area contributed by atoms with Gasteiger partial charge in [0.05, 0.1) is 19.3 Å². The summed E-state index contributed by atoms with van der Waals surface area (Å²) in [5.41, 5.74) is 1.04. The fourth-order valence-corrected chi connectivity index (χ4v) is 4.23. The summed E-state index contributed by atoms with van der Waals surface area (Å²) in [6.45, 7) is 2.15. The highest BCUT2D eigenvalue weighted by Crippen LogP contribution is 2.35. The lowest BCUT2D eigenvalue weighted by Gasteiger charge is -2.33. The van der Waals surface area contributed by atoms with E-state index < -0.39 is 0 Å². The molecule has 0 saturated heterocycles. The lowest BCUT2D eigenvalue weighted by Crippen LogP contribution is -2.32. The number of rotatable bonds is 6. The number of carbonyl (C=O) groups is 1. The zero-order valence-electron chi connectivity index (χ0n) is 17.8. The number of hydrogen-bond acceptors (Lipinski definition) is 7. The molecule has 0 aromatic carbocycles. The Kier molecular flexibility index (Phi) is 4.93. The number of amides is 1. The molecule has 0 unspecified atom stereocenters. The molecule has 31 heavy (non-hydrogen) atoms. The molecule has 0 spiro atoms. The molecule has 3 aromatic heterocycles. The van der Waals surface area contributed by atoms with Crippen LogP contribution in [0.25, 0.3) is 11.5 Å². The largest absolute Gasteiger partial charge is 0.479 e. The highest BCUT2D eigenvalue weighted by atomic mass is 16.5. The number of nitrogens with zero attached hydrogens (tertiary/aromatic N) is 6. The van der Waals surface area contributed by atoms with E-state index >= 15 is 0 Å². The number of methoxy groups -OCH3 is 2. The van der Waals surface area contributed by atoms with E-state index in [0.29, 0.717) is 29.0 Å². The zero-order valence-corrected chi connectivity index (χ0v) is 17.8. The maximum absolute atomic E-state index is 13.0. The standard InChI is InChI=1S/C21H25N7O3/c1-12-7-8-18-24-25-19(28(12)18)16-5-4-6-17(22-16)23-20(29)15-11-27(26-21(15)31-3)13-9-14(10-13)30-2/h4-6,11-14H,7-10H2,1-3H3,(H,22,23,29)/t12-,13?,14?/m0/s1. The van der Waals surface area contributed by atoms with Crippen LogP contribution in [0.3, 0.4) is 0 Å². The van der Waals surface area contributed by atoms with Gasteiger partial charge in [-0.2, -0.15) is 0 Å². The average Bonchev–Trinajstić information content (AvgIpc) is 3.44. The monoisotopic (exact) mass is 423 g/mol. The number of nitrogens with one attached hydrogen (secondary N) is 1. The topological polar surface area (TPSA) is 109 Å². The second kappa shape index (κ2) is 7.77. The highest BCUT2D eigenvalue weighted by molar-refractivity contribution is 6.05. The van der Waals surface area contributed by atoms with Crippen LogP contribution in [0.15, 0.2) is 24.4 Å². The van der Waals surface area contributed by atoms with Gasteiger partial charge in [-0.15, -0.1) is 15.3 Å². The van der Waals surface area contributed by atoms with Crippen LogP contribution in [0, 0.1) is 0 Å². The molecular weight excluding hydrogens is 398 g/mol. The van der Waals surface area contributed by atoms with Crippen molar-refractivity contribution in [1.82, 2.24) is 29.5 Å². The molecular formula is C21H25N7O3. The van der Waals surface area contributed by atoms with Gasteiger partial charge in [0.1, 0.15) is 22.9 Å². The predicted octanol–water partition coefficient (Wildman–Crippen LogP) is 2.65. The summed E-state index contributed by atoms with van der Waals surface area (Å²) in [4.78, 5) is 17.5. The first-order valence-corrected chi connectivity index (χ1v) is 10.5. The first-order valence-electron chi connectivity index (χ1n) is 10.5. The van der Waals surface area contributed by atoms with Gasteiger partial charge >= 0.3 is 0 Å². The second-order valence-electron chi connectivity index (χ2n) is 8.07. The Morgan fingerprint density at radius 3 is 2.84 bits per heavy atom. The summed E-state index contributed by atoms with van der Waals surface area (Å²) in [5, 5.41) is 15.9. The van der Waals surface area contributed by atoms with Crippen molar-refractivity contribution in [3.05, 3.63) is 35.8 Å². The van der Waals surface area contributed by atoms with Crippen molar-refractivity contribution in [2.45, 2.75) is 50.8 Å². The molecule has 1 aliphatic carbocycles. The fourth-order valence-electron chi connectivity index (χ4n) is 4.23. The molecule has 5 rings (SSSR count).